The highest BCUT2D eigenvalue weighted by Gasteiger charge is 2.17. The van der Waals surface area contributed by atoms with Crippen molar-refractivity contribution in [3.05, 3.63) is 66.9 Å². The van der Waals surface area contributed by atoms with E-state index in [0.717, 1.165) is 33.8 Å². The monoisotopic (exact) mass is 315 g/mol. The van der Waals surface area contributed by atoms with Gasteiger partial charge < -0.3 is 4.90 Å². The number of nitrogens with zero attached hydrogens (tertiary/aromatic N) is 5. The van der Waals surface area contributed by atoms with Crippen LogP contribution in [0.15, 0.2) is 66.9 Å². The Balaban J connectivity index is 1.96. The van der Waals surface area contributed by atoms with E-state index in [1.165, 1.54) is 0 Å². The van der Waals surface area contributed by atoms with Gasteiger partial charge in [0, 0.05) is 25.9 Å². The summed E-state index contributed by atoms with van der Waals surface area (Å²) < 4.78 is 1.89. The van der Waals surface area contributed by atoms with Gasteiger partial charge in [0.2, 0.25) is 0 Å². The van der Waals surface area contributed by atoms with Gasteiger partial charge in [-0.3, -0.25) is 0 Å². The number of benzene rings is 1. The molecule has 24 heavy (non-hydrogen) atoms. The predicted molar refractivity (Wildman–Crippen MR) is 96.0 cm³/mol. The van der Waals surface area contributed by atoms with Crippen molar-refractivity contribution >= 4 is 11.3 Å². The van der Waals surface area contributed by atoms with Gasteiger partial charge in [-0.2, -0.15) is 5.10 Å². The lowest BCUT2D eigenvalue weighted by atomic mass is 10.0. The Kier molecular flexibility index (Phi) is 3.46. The molecule has 0 atom stereocenters. The number of hydrogen-bond donors (Lipinski definition) is 0. The summed E-state index contributed by atoms with van der Waals surface area (Å²) in [5.74, 6) is 0.830. The van der Waals surface area contributed by atoms with Crippen LogP contribution < -0.4 is 4.90 Å². The van der Waals surface area contributed by atoms with Crippen molar-refractivity contribution in [3.63, 3.8) is 0 Å². The summed E-state index contributed by atoms with van der Waals surface area (Å²) in [6, 6.07) is 20.2. The molecule has 0 N–H and O–H groups in total. The molecule has 0 bridgehead atoms. The lowest BCUT2D eigenvalue weighted by Crippen LogP contribution is -2.11. The van der Waals surface area contributed by atoms with Crippen LogP contribution >= 0.6 is 0 Å². The molecule has 0 spiro atoms. The SMILES string of the molecule is CN(C)c1ccc(-c2c(-c3ccccc3)nn3ccccc23)nn1. The number of rotatable bonds is 3. The van der Waals surface area contributed by atoms with Gasteiger partial charge in [-0.1, -0.05) is 36.4 Å². The first kappa shape index (κ1) is 14.4. The highest BCUT2D eigenvalue weighted by atomic mass is 15.2. The van der Waals surface area contributed by atoms with E-state index in [1.807, 2.05) is 72.2 Å². The van der Waals surface area contributed by atoms with Crippen molar-refractivity contribution in [2.24, 2.45) is 0 Å². The molecule has 0 aliphatic heterocycles. The molecule has 0 saturated heterocycles. The van der Waals surface area contributed by atoms with E-state index in [2.05, 4.69) is 28.4 Å². The smallest absolute Gasteiger partial charge is 0.150 e. The molecule has 1 aromatic carbocycles. The van der Waals surface area contributed by atoms with Crippen molar-refractivity contribution in [2.75, 3.05) is 19.0 Å². The minimum Gasteiger partial charge on any atom is -0.361 e. The second-order valence-corrected chi connectivity index (χ2v) is 5.79. The molecule has 5 nitrogen and oxygen atoms in total. The first-order valence-electron chi connectivity index (χ1n) is 7.78. The molecule has 0 aliphatic rings. The average molecular weight is 315 g/mol. The Morgan fingerprint density at radius 3 is 2.33 bits per heavy atom. The topological polar surface area (TPSA) is 46.3 Å². The fraction of sp³-hybridized carbons (Fsp3) is 0.105. The van der Waals surface area contributed by atoms with Crippen LogP contribution in [0.3, 0.4) is 0 Å². The normalized spacial score (nSPS) is 10.9. The fourth-order valence-corrected chi connectivity index (χ4v) is 2.75. The lowest BCUT2D eigenvalue weighted by molar-refractivity contribution is 0.966. The van der Waals surface area contributed by atoms with Gasteiger partial charge in [0.25, 0.3) is 0 Å². The van der Waals surface area contributed by atoms with Crippen molar-refractivity contribution in [3.8, 4) is 22.5 Å². The summed E-state index contributed by atoms with van der Waals surface area (Å²) in [5, 5.41) is 13.5. The van der Waals surface area contributed by atoms with Crippen LogP contribution in [0.1, 0.15) is 0 Å². The summed E-state index contributed by atoms with van der Waals surface area (Å²) in [6.45, 7) is 0. The highest BCUT2D eigenvalue weighted by Crippen LogP contribution is 2.33. The van der Waals surface area contributed by atoms with Crippen LogP contribution in [0.2, 0.25) is 0 Å². The summed E-state index contributed by atoms with van der Waals surface area (Å²) in [7, 11) is 3.91. The van der Waals surface area contributed by atoms with Gasteiger partial charge in [0.05, 0.1) is 16.8 Å². The molecule has 4 aromatic rings. The zero-order chi connectivity index (χ0) is 16.5. The molecule has 0 radical (unpaired) electrons. The Morgan fingerprint density at radius 1 is 0.833 bits per heavy atom. The molecule has 4 rings (SSSR count). The molecule has 118 valence electrons. The zero-order valence-corrected chi connectivity index (χ0v) is 13.6. The van der Waals surface area contributed by atoms with Crippen molar-refractivity contribution < 1.29 is 0 Å². The fourth-order valence-electron chi connectivity index (χ4n) is 2.75. The van der Waals surface area contributed by atoms with Crippen LogP contribution in [-0.2, 0) is 0 Å². The minimum absolute atomic E-state index is 0.820. The van der Waals surface area contributed by atoms with Gasteiger partial charge in [-0.15, -0.1) is 10.2 Å². The Bertz CT molecular complexity index is 972. The summed E-state index contributed by atoms with van der Waals surface area (Å²) >= 11 is 0. The molecule has 0 saturated carbocycles. The number of fused-ring (bicyclic) bond motifs is 1. The molecule has 3 heterocycles. The van der Waals surface area contributed by atoms with Crippen LogP contribution in [0.25, 0.3) is 28.0 Å². The molecule has 0 amide bonds. The van der Waals surface area contributed by atoms with Crippen LogP contribution in [-0.4, -0.2) is 33.9 Å². The molecule has 5 heteroatoms. The Labute approximate surface area is 140 Å². The van der Waals surface area contributed by atoms with Gasteiger partial charge in [0.1, 0.15) is 5.69 Å². The van der Waals surface area contributed by atoms with Gasteiger partial charge in [-0.05, 0) is 24.3 Å². The number of hydrogen-bond acceptors (Lipinski definition) is 4. The molecular weight excluding hydrogens is 298 g/mol. The van der Waals surface area contributed by atoms with E-state index in [-0.39, 0.29) is 0 Å². The maximum absolute atomic E-state index is 4.76. The standard InChI is InChI=1S/C19H17N5/c1-23(2)17-12-11-15(20-21-17)18-16-10-6-7-13-24(16)22-19(18)14-8-4-3-5-9-14/h3-13H,1-2H3. The van der Waals surface area contributed by atoms with E-state index in [4.69, 9.17) is 5.10 Å². The molecular formula is C19H17N5. The minimum atomic E-state index is 0.820. The second kappa shape index (κ2) is 5.77. The maximum Gasteiger partial charge on any atom is 0.150 e. The first-order valence-corrected chi connectivity index (χ1v) is 7.78. The van der Waals surface area contributed by atoms with Crippen LogP contribution in [0.5, 0.6) is 0 Å². The van der Waals surface area contributed by atoms with Gasteiger partial charge in [0.15, 0.2) is 5.82 Å². The molecule has 0 aliphatic carbocycles. The predicted octanol–water partition coefficient (Wildman–Crippen LogP) is 3.52. The van der Waals surface area contributed by atoms with Crippen LogP contribution in [0, 0.1) is 0 Å². The van der Waals surface area contributed by atoms with E-state index in [1.54, 1.807) is 0 Å². The van der Waals surface area contributed by atoms with E-state index in [9.17, 15) is 0 Å². The summed E-state index contributed by atoms with van der Waals surface area (Å²) in [5.41, 5.74) is 4.81. The quantitative estimate of drug-likeness (QED) is 0.580. The molecule has 0 fully saturated rings. The summed E-state index contributed by atoms with van der Waals surface area (Å²) in [6.07, 6.45) is 1.95. The largest absolute Gasteiger partial charge is 0.361 e. The zero-order valence-electron chi connectivity index (χ0n) is 13.6. The molecule has 0 unspecified atom stereocenters. The third-order valence-electron chi connectivity index (χ3n) is 3.95. The Morgan fingerprint density at radius 2 is 1.62 bits per heavy atom. The van der Waals surface area contributed by atoms with Crippen LogP contribution in [0.4, 0.5) is 5.82 Å². The first-order chi connectivity index (χ1) is 11.7. The number of pyridine rings is 1. The van der Waals surface area contributed by atoms with E-state index < -0.39 is 0 Å². The maximum atomic E-state index is 4.76. The molecule has 3 aromatic heterocycles. The lowest BCUT2D eigenvalue weighted by Gasteiger charge is -2.10. The van der Waals surface area contributed by atoms with Gasteiger partial charge in [-0.25, -0.2) is 4.52 Å². The third kappa shape index (κ3) is 2.40. The van der Waals surface area contributed by atoms with Gasteiger partial charge >= 0.3 is 0 Å². The van der Waals surface area contributed by atoms with E-state index in [0.29, 0.717) is 0 Å². The third-order valence-corrected chi connectivity index (χ3v) is 3.95. The van der Waals surface area contributed by atoms with Crippen molar-refractivity contribution in [2.45, 2.75) is 0 Å². The Hall–Kier alpha value is -3.21. The average Bonchev–Trinajstić information content (AvgIpc) is 3.02. The second-order valence-electron chi connectivity index (χ2n) is 5.79. The van der Waals surface area contributed by atoms with E-state index >= 15 is 0 Å². The number of anilines is 1. The number of aromatic nitrogens is 4. The van der Waals surface area contributed by atoms with Crippen molar-refractivity contribution in [1.29, 1.82) is 0 Å². The summed E-state index contributed by atoms with van der Waals surface area (Å²) in [4.78, 5) is 1.94. The van der Waals surface area contributed by atoms with Crippen molar-refractivity contribution in [1.82, 2.24) is 19.8 Å². The highest BCUT2D eigenvalue weighted by molar-refractivity contribution is 5.90.